The van der Waals surface area contributed by atoms with Crippen LogP contribution in [0.1, 0.15) is 28.8 Å². The lowest BCUT2D eigenvalue weighted by molar-refractivity contribution is -0.386. The van der Waals surface area contributed by atoms with Crippen molar-refractivity contribution in [3.63, 3.8) is 0 Å². The van der Waals surface area contributed by atoms with E-state index in [1.54, 1.807) is 6.07 Å². The van der Waals surface area contributed by atoms with Gasteiger partial charge in [0.25, 0.3) is 5.91 Å². The maximum absolute atomic E-state index is 13.0. The predicted octanol–water partition coefficient (Wildman–Crippen LogP) is 3.47. The SMILES string of the molecule is COc1cc(C(=O)Nc2cccc(CN3CCCC3)c2)c([N+](=O)[O-])c(OC)c1OC. The van der Waals surface area contributed by atoms with Crippen molar-refractivity contribution in [1.29, 1.82) is 0 Å². The number of nitrogens with zero attached hydrogens (tertiary/aromatic N) is 2. The first-order chi connectivity index (χ1) is 14.5. The standard InChI is InChI=1S/C21H25N3O6/c1-28-17-12-16(18(24(26)27)20(30-3)19(17)29-2)21(25)22-15-8-6-7-14(11-15)13-23-9-4-5-10-23/h6-8,11-12H,4-5,9-10,13H2,1-3H3,(H,22,25). The molecule has 0 atom stereocenters. The molecule has 0 spiro atoms. The highest BCUT2D eigenvalue weighted by molar-refractivity contribution is 6.08. The van der Waals surface area contributed by atoms with Gasteiger partial charge >= 0.3 is 5.69 Å². The summed E-state index contributed by atoms with van der Waals surface area (Å²) in [6.45, 7) is 2.93. The van der Waals surface area contributed by atoms with E-state index >= 15 is 0 Å². The van der Waals surface area contributed by atoms with Gasteiger partial charge in [0.05, 0.1) is 26.3 Å². The number of hydrogen-bond acceptors (Lipinski definition) is 7. The van der Waals surface area contributed by atoms with Crippen molar-refractivity contribution in [2.45, 2.75) is 19.4 Å². The minimum Gasteiger partial charge on any atom is -0.493 e. The van der Waals surface area contributed by atoms with E-state index in [4.69, 9.17) is 14.2 Å². The molecule has 0 unspecified atom stereocenters. The molecule has 1 fully saturated rings. The highest BCUT2D eigenvalue weighted by Crippen LogP contribution is 2.46. The summed E-state index contributed by atoms with van der Waals surface area (Å²) in [6.07, 6.45) is 2.39. The third-order valence-electron chi connectivity index (χ3n) is 5.02. The third-order valence-corrected chi connectivity index (χ3v) is 5.02. The predicted molar refractivity (Wildman–Crippen MR) is 112 cm³/mol. The molecule has 0 bridgehead atoms. The zero-order valence-corrected chi connectivity index (χ0v) is 17.3. The molecule has 1 amide bonds. The fraction of sp³-hybridized carbons (Fsp3) is 0.381. The highest BCUT2D eigenvalue weighted by Gasteiger charge is 2.32. The number of carbonyl (C=O) groups excluding carboxylic acids is 1. The second-order valence-corrected chi connectivity index (χ2v) is 6.94. The molecule has 1 N–H and O–H groups in total. The zero-order chi connectivity index (χ0) is 21.7. The number of likely N-dealkylation sites (tertiary alicyclic amines) is 1. The molecule has 0 radical (unpaired) electrons. The Morgan fingerprint density at radius 2 is 1.80 bits per heavy atom. The van der Waals surface area contributed by atoms with Crippen molar-refractivity contribution in [3.05, 3.63) is 51.6 Å². The molecule has 1 heterocycles. The Balaban J connectivity index is 1.92. The molecule has 0 aromatic heterocycles. The Kier molecular flexibility index (Phi) is 6.73. The van der Waals surface area contributed by atoms with Gasteiger partial charge in [0.1, 0.15) is 5.56 Å². The molecule has 0 saturated carbocycles. The quantitative estimate of drug-likeness (QED) is 0.520. The van der Waals surface area contributed by atoms with Crippen molar-refractivity contribution in [2.75, 3.05) is 39.7 Å². The largest absolute Gasteiger partial charge is 0.493 e. The molecule has 0 aliphatic carbocycles. The topological polar surface area (TPSA) is 103 Å². The van der Waals surface area contributed by atoms with E-state index < -0.39 is 16.5 Å². The monoisotopic (exact) mass is 415 g/mol. The summed E-state index contributed by atoms with van der Waals surface area (Å²) in [6, 6.07) is 8.75. The van der Waals surface area contributed by atoms with Crippen LogP contribution in [0.4, 0.5) is 11.4 Å². The second kappa shape index (κ2) is 9.45. The molecule has 1 aliphatic heterocycles. The van der Waals surface area contributed by atoms with Crippen molar-refractivity contribution in [3.8, 4) is 17.2 Å². The van der Waals surface area contributed by atoms with E-state index in [1.807, 2.05) is 18.2 Å². The van der Waals surface area contributed by atoms with E-state index in [9.17, 15) is 14.9 Å². The van der Waals surface area contributed by atoms with Crippen LogP contribution in [0.25, 0.3) is 0 Å². The third kappa shape index (κ3) is 4.46. The van der Waals surface area contributed by atoms with E-state index in [2.05, 4.69) is 10.2 Å². The number of carbonyl (C=O) groups is 1. The summed E-state index contributed by atoms with van der Waals surface area (Å²) < 4.78 is 15.6. The van der Waals surface area contributed by atoms with Crippen LogP contribution in [0, 0.1) is 10.1 Å². The molecule has 2 aromatic carbocycles. The zero-order valence-electron chi connectivity index (χ0n) is 17.3. The van der Waals surface area contributed by atoms with Crippen LogP contribution >= 0.6 is 0 Å². The smallest absolute Gasteiger partial charge is 0.327 e. The van der Waals surface area contributed by atoms with Gasteiger partial charge in [-0.25, -0.2) is 0 Å². The van der Waals surface area contributed by atoms with Crippen LogP contribution < -0.4 is 19.5 Å². The number of amides is 1. The van der Waals surface area contributed by atoms with Gasteiger partial charge in [0.2, 0.25) is 11.5 Å². The number of hydrogen-bond donors (Lipinski definition) is 1. The summed E-state index contributed by atoms with van der Waals surface area (Å²) in [4.78, 5) is 26.4. The first-order valence-electron chi connectivity index (χ1n) is 9.58. The van der Waals surface area contributed by atoms with Crippen LogP contribution in [0.15, 0.2) is 30.3 Å². The summed E-state index contributed by atoms with van der Waals surface area (Å²) in [5.41, 5.74) is 0.953. The first kappa shape index (κ1) is 21.4. The lowest BCUT2D eigenvalue weighted by Gasteiger charge is -2.16. The van der Waals surface area contributed by atoms with E-state index in [-0.39, 0.29) is 22.8 Å². The van der Waals surface area contributed by atoms with Gasteiger partial charge in [-0.15, -0.1) is 0 Å². The summed E-state index contributed by atoms with van der Waals surface area (Å²) >= 11 is 0. The molecule has 1 saturated heterocycles. The highest BCUT2D eigenvalue weighted by atomic mass is 16.6. The lowest BCUT2D eigenvalue weighted by Crippen LogP contribution is -2.19. The maximum atomic E-state index is 13.0. The van der Waals surface area contributed by atoms with Gasteiger partial charge in [-0.3, -0.25) is 19.8 Å². The van der Waals surface area contributed by atoms with Crippen molar-refractivity contribution in [2.24, 2.45) is 0 Å². The number of nitrogens with one attached hydrogen (secondary N) is 1. The minimum absolute atomic E-state index is 0.0517. The van der Waals surface area contributed by atoms with E-state index in [0.717, 1.165) is 25.2 Å². The van der Waals surface area contributed by atoms with Gasteiger partial charge in [-0.1, -0.05) is 12.1 Å². The van der Waals surface area contributed by atoms with E-state index in [0.29, 0.717) is 5.69 Å². The summed E-state index contributed by atoms with van der Waals surface area (Å²) in [5.74, 6) is -0.599. The second-order valence-electron chi connectivity index (χ2n) is 6.94. The number of nitro benzene ring substituents is 1. The lowest BCUT2D eigenvalue weighted by atomic mass is 10.1. The number of methoxy groups -OCH3 is 3. The average Bonchev–Trinajstić information content (AvgIpc) is 3.24. The average molecular weight is 415 g/mol. The Labute approximate surface area is 174 Å². The molecular weight excluding hydrogens is 390 g/mol. The number of anilines is 1. The molecule has 9 heteroatoms. The van der Waals surface area contributed by atoms with Crippen LogP contribution in [-0.4, -0.2) is 50.1 Å². The molecule has 30 heavy (non-hydrogen) atoms. The maximum Gasteiger partial charge on any atom is 0.327 e. The number of nitro groups is 1. The number of rotatable bonds is 8. The van der Waals surface area contributed by atoms with Crippen LogP contribution in [0.5, 0.6) is 17.2 Å². The molecule has 9 nitrogen and oxygen atoms in total. The Morgan fingerprint density at radius 1 is 1.10 bits per heavy atom. The first-order valence-corrected chi connectivity index (χ1v) is 9.58. The Morgan fingerprint density at radius 3 is 2.40 bits per heavy atom. The minimum atomic E-state index is -0.667. The van der Waals surface area contributed by atoms with Crippen LogP contribution in [0.2, 0.25) is 0 Å². The fourth-order valence-electron chi connectivity index (χ4n) is 3.64. The van der Waals surface area contributed by atoms with Crippen LogP contribution in [-0.2, 0) is 6.54 Å². The summed E-state index contributed by atoms with van der Waals surface area (Å²) in [7, 11) is 4.00. The Hall–Kier alpha value is -3.33. The van der Waals surface area contributed by atoms with Gasteiger partial charge < -0.3 is 19.5 Å². The normalized spacial score (nSPS) is 13.7. The van der Waals surface area contributed by atoms with Gasteiger partial charge in [0, 0.05) is 18.3 Å². The summed E-state index contributed by atoms with van der Waals surface area (Å²) in [5, 5.41) is 14.5. The number of benzene rings is 2. The fourth-order valence-corrected chi connectivity index (χ4v) is 3.64. The van der Waals surface area contributed by atoms with Crippen molar-refractivity contribution >= 4 is 17.3 Å². The van der Waals surface area contributed by atoms with Crippen LogP contribution in [0.3, 0.4) is 0 Å². The number of ether oxygens (including phenoxy) is 3. The molecular formula is C21H25N3O6. The van der Waals surface area contributed by atoms with Crippen molar-refractivity contribution in [1.82, 2.24) is 4.90 Å². The van der Waals surface area contributed by atoms with E-state index in [1.165, 1.54) is 40.2 Å². The van der Waals surface area contributed by atoms with Crippen molar-refractivity contribution < 1.29 is 23.9 Å². The molecule has 1 aliphatic rings. The molecule has 160 valence electrons. The molecule has 3 rings (SSSR count). The molecule has 2 aromatic rings. The Bertz CT molecular complexity index is 941. The van der Waals surface area contributed by atoms with Gasteiger partial charge in [0.15, 0.2) is 5.75 Å². The van der Waals surface area contributed by atoms with Gasteiger partial charge in [-0.2, -0.15) is 0 Å². The van der Waals surface area contributed by atoms with Gasteiger partial charge in [-0.05, 0) is 43.6 Å².